The number of hydrogen-bond donors (Lipinski definition) is 1. The van der Waals surface area contributed by atoms with Crippen LogP contribution in [0.25, 0.3) is 0 Å². The van der Waals surface area contributed by atoms with Crippen molar-refractivity contribution < 1.29 is 9.47 Å². The average molecular weight is 404 g/mol. The Hall–Kier alpha value is -2.94. The van der Waals surface area contributed by atoms with E-state index in [2.05, 4.69) is 60.8 Å². The molecule has 30 heavy (non-hydrogen) atoms. The van der Waals surface area contributed by atoms with Crippen LogP contribution in [0.2, 0.25) is 0 Å². The second-order valence-electron chi connectivity index (χ2n) is 7.52. The summed E-state index contributed by atoms with van der Waals surface area (Å²) in [5, 5.41) is 3.46. The highest BCUT2D eigenvalue weighted by atomic mass is 16.5. The van der Waals surface area contributed by atoms with Gasteiger partial charge in [0, 0.05) is 18.7 Å². The first-order chi connectivity index (χ1) is 14.8. The third kappa shape index (κ3) is 7.82. The lowest BCUT2D eigenvalue weighted by Crippen LogP contribution is -2.02. The molecule has 158 valence electrons. The minimum absolute atomic E-state index is 0.689. The molecule has 0 saturated carbocycles. The Labute approximate surface area is 181 Å². The van der Waals surface area contributed by atoms with E-state index in [1.54, 1.807) is 0 Å². The number of nitrogens with one attached hydrogen (secondary N) is 1. The van der Waals surface area contributed by atoms with Gasteiger partial charge in [0.05, 0.1) is 13.2 Å². The first-order valence-electron chi connectivity index (χ1n) is 11.1. The second-order valence-corrected chi connectivity index (χ2v) is 7.52. The third-order valence-electron chi connectivity index (χ3n) is 5.04. The summed E-state index contributed by atoms with van der Waals surface area (Å²) in [4.78, 5) is 0. The Bertz CT molecular complexity index is 829. The van der Waals surface area contributed by atoms with Crippen molar-refractivity contribution in [2.75, 3.05) is 18.5 Å². The van der Waals surface area contributed by atoms with Crippen LogP contribution < -0.4 is 14.8 Å². The van der Waals surface area contributed by atoms with Gasteiger partial charge in [0.2, 0.25) is 0 Å². The summed E-state index contributed by atoms with van der Waals surface area (Å²) in [6.45, 7) is 4.49. The zero-order valence-electron chi connectivity index (χ0n) is 18.0. The van der Waals surface area contributed by atoms with E-state index < -0.39 is 0 Å². The van der Waals surface area contributed by atoms with Crippen molar-refractivity contribution >= 4 is 5.69 Å². The van der Waals surface area contributed by atoms with Gasteiger partial charge < -0.3 is 14.8 Å². The Morgan fingerprint density at radius 3 is 2.00 bits per heavy atom. The molecule has 0 aromatic heterocycles. The fourth-order valence-electron chi connectivity index (χ4n) is 3.23. The van der Waals surface area contributed by atoms with Gasteiger partial charge in [-0.2, -0.15) is 0 Å². The SMILES string of the molecule is CCCCCCOc1ccc(NCc2ccc(OCCc3ccccc3)cc2)cc1. The van der Waals surface area contributed by atoms with Crippen LogP contribution >= 0.6 is 0 Å². The van der Waals surface area contributed by atoms with E-state index in [1.807, 2.05) is 30.3 Å². The highest BCUT2D eigenvalue weighted by molar-refractivity contribution is 5.47. The molecule has 0 heterocycles. The largest absolute Gasteiger partial charge is 0.494 e. The van der Waals surface area contributed by atoms with Gasteiger partial charge in [-0.3, -0.25) is 0 Å². The maximum atomic E-state index is 5.86. The van der Waals surface area contributed by atoms with Crippen LogP contribution in [0.3, 0.4) is 0 Å². The van der Waals surface area contributed by atoms with Crippen molar-refractivity contribution in [2.24, 2.45) is 0 Å². The molecule has 3 aromatic rings. The van der Waals surface area contributed by atoms with E-state index >= 15 is 0 Å². The molecule has 3 aromatic carbocycles. The van der Waals surface area contributed by atoms with Crippen LogP contribution in [0, 0.1) is 0 Å². The van der Waals surface area contributed by atoms with Crippen LogP contribution in [0.4, 0.5) is 5.69 Å². The van der Waals surface area contributed by atoms with Gasteiger partial charge in [0.1, 0.15) is 11.5 Å². The maximum absolute atomic E-state index is 5.86. The van der Waals surface area contributed by atoms with E-state index in [4.69, 9.17) is 9.47 Å². The van der Waals surface area contributed by atoms with E-state index in [-0.39, 0.29) is 0 Å². The van der Waals surface area contributed by atoms with Gasteiger partial charge in [0.15, 0.2) is 0 Å². The van der Waals surface area contributed by atoms with Crippen LogP contribution in [0.1, 0.15) is 43.7 Å². The summed E-state index contributed by atoms with van der Waals surface area (Å²) < 4.78 is 11.7. The van der Waals surface area contributed by atoms with Crippen molar-refractivity contribution in [3.63, 3.8) is 0 Å². The summed E-state index contributed by atoms with van der Waals surface area (Å²) in [5.41, 5.74) is 3.62. The fraction of sp³-hybridized carbons (Fsp3) is 0.333. The molecule has 3 rings (SSSR count). The maximum Gasteiger partial charge on any atom is 0.119 e. The molecular weight excluding hydrogens is 370 g/mol. The Kier molecular flexibility index (Phi) is 9.13. The van der Waals surface area contributed by atoms with E-state index in [1.165, 1.54) is 30.4 Å². The molecule has 3 nitrogen and oxygen atoms in total. The predicted molar refractivity (Wildman–Crippen MR) is 125 cm³/mol. The minimum atomic E-state index is 0.689. The summed E-state index contributed by atoms with van der Waals surface area (Å²) in [6.07, 6.45) is 5.83. The summed E-state index contributed by atoms with van der Waals surface area (Å²) in [7, 11) is 0. The van der Waals surface area contributed by atoms with Gasteiger partial charge in [-0.1, -0.05) is 68.7 Å². The highest BCUT2D eigenvalue weighted by Crippen LogP contribution is 2.18. The number of ether oxygens (including phenoxy) is 2. The molecule has 3 heteroatoms. The van der Waals surface area contributed by atoms with Crippen molar-refractivity contribution in [3.8, 4) is 11.5 Å². The molecule has 0 atom stereocenters. The van der Waals surface area contributed by atoms with Crippen LogP contribution in [-0.2, 0) is 13.0 Å². The number of anilines is 1. The van der Waals surface area contributed by atoms with Crippen LogP contribution in [0.15, 0.2) is 78.9 Å². The molecule has 0 unspecified atom stereocenters. The monoisotopic (exact) mass is 403 g/mol. The summed E-state index contributed by atoms with van der Waals surface area (Å²) >= 11 is 0. The quantitative estimate of drug-likeness (QED) is 0.316. The van der Waals surface area contributed by atoms with Crippen molar-refractivity contribution in [1.29, 1.82) is 0 Å². The zero-order chi connectivity index (χ0) is 20.9. The Morgan fingerprint density at radius 1 is 0.633 bits per heavy atom. The molecule has 0 amide bonds. The van der Waals surface area contributed by atoms with Crippen molar-refractivity contribution in [2.45, 2.75) is 45.6 Å². The van der Waals surface area contributed by atoms with Crippen LogP contribution in [-0.4, -0.2) is 13.2 Å². The van der Waals surface area contributed by atoms with Gasteiger partial charge in [-0.15, -0.1) is 0 Å². The number of unbranched alkanes of at least 4 members (excludes halogenated alkanes) is 3. The molecule has 0 fully saturated rings. The second kappa shape index (κ2) is 12.6. The predicted octanol–water partition coefficient (Wildman–Crippen LogP) is 6.88. The fourth-order valence-corrected chi connectivity index (χ4v) is 3.23. The van der Waals surface area contributed by atoms with Gasteiger partial charge >= 0.3 is 0 Å². The molecule has 0 aliphatic carbocycles. The third-order valence-corrected chi connectivity index (χ3v) is 5.04. The number of hydrogen-bond acceptors (Lipinski definition) is 3. The lowest BCUT2D eigenvalue weighted by molar-refractivity contribution is 0.305. The van der Waals surface area contributed by atoms with E-state index in [9.17, 15) is 0 Å². The molecule has 0 aliphatic heterocycles. The Morgan fingerprint density at radius 2 is 1.30 bits per heavy atom. The summed E-state index contributed by atoms with van der Waals surface area (Å²) in [5.74, 6) is 1.85. The first-order valence-corrected chi connectivity index (χ1v) is 11.1. The molecule has 0 saturated heterocycles. The molecule has 0 radical (unpaired) electrons. The van der Waals surface area contributed by atoms with Crippen molar-refractivity contribution in [3.05, 3.63) is 90.0 Å². The first kappa shape index (κ1) is 21.8. The van der Waals surface area contributed by atoms with Gasteiger partial charge in [-0.25, -0.2) is 0 Å². The Balaban J connectivity index is 1.36. The molecule has 0 bridgehead atoms. The van der Waals surface area contributed by atoms with Crippen LogP contribution in [0.5, 0.6) is 11.5 Å². The lowest BCUT2D eigenvalue weighted by Gasteiger charge is -2.10. The minimum Gasteiger partial charge on any atom is -0.494 e. The topological polar surface area (TPSA) is 30.5 Å². The van der Waals surface area contributed by atoms with Gasteiger partial charge in [-0.05, 0) is 53.9 Å². The summed E-state index contributed by atoms with van der Waals surface area (Å²) in [6, 6.07) is 26.9. The molecule has 1 N–H and O–H groups in total. The molecular formula is C27H33NO2. The lowest BCUT2D eigenvalue weighted by atomic mass is 10.2. The van der Waals surface area contributed by atoms with Crippen molar-refractivity contribution in [1.82, 2.24) is 0 Å². The normalized spacial score (nSPS) is 10.6. The zero-order valence-corrected chi connectivity index (χ0v) is 18.0. The standard InChI is InChI=1S/C27H33NO2/c1-2-3-4-8-20-29-27-17-13-25(14-18-27)28-22-24-11-15-26(16-12-24)30-21-19-23-9-6-5-7-10-23/h5-7,9-18,28H,2-4,8,19-22H2,1H3. The number of rotatable bonds is 13. The van der Waals surface area contributed by atoms with Gasteiger partial charge in [0.25, 0.3) is 0 Å². The smallest absolute Gasteiger partial charge is 0.119 e. The molecule has 0 spiro atoms. The highest BCUT2D eigenvalue weighted by Gasteiger charge is 1.99. The van der Waals surface area contributed by atoms with E-state index in [0.29, 0.717) is 6.61 Å². The number of benzene rings is 3. The average Bonchev–Trinajstić information content (AvgIpc) is 2.80. The van der Waals surface area contributed by atoms with E-state index in [0.717, 1.165) is 43.2 Å². The molecule has 0 aliphatic rings.